The molecule has 152 valence electrons. The van der Waals surface area contributed by atoms with Gasteiger partial charge in [-0.2, -0.15) is 26.3 Å². The molecule has 0 amide bonds. The molecule has 1 aliphatic carbocycles. The average molecular weight is 408 g/mol. The smallest absolute Gasteiger partial charge is 0.395 e. The number of rotatable bonds is 6. The van der Waals surface area contributed by atoms with E-state index in [2.05, 4.69) is 9.47 Å². The van der Waals surface area contributed by atoms with Gasteiger partial charge in [-0.25, -0.2) is 0 Å². The topological polar surface area (TPSA) is 36.9 Å². The van der Waals surface area contributed by atoms with Crippen molar-refractivity contribution in [2.75, 3.05) is 14.2 Å². The molecule has 1 fully saturated rings. The van der Waals surface area contributed by atoms with Crippen LogP contribution in [0.4, 0.5) is 26.3 Å². The summed E-state index contributed by atoms with van der Waals surface area (Å²) >= 11 is 0. The Morgan fingerprint density at radius 1 is 0.500 bits per heavy atom. The molecule has 0 radical (unpaired) electrons. The van der Waals surface area contributed by atoms with Crippen molar-refractivity contribution in [2.45, 2.75) is 23.6 Å². The Kier molecular flexibility index (Phi) is 4.55. The zero-order valence-electron chi connectivity index (χ0n) is 14.5. The van der Waals surface area contributed by atoms with Crippen molar-refractivity contribution >= 4 is 0 Å². The van der Waals surface area contributed by atoms with E-state index in [1.54, 1.807) is 0 Å². The molecule has 0 N–H and O–H groups in total. The maximum absolute atomic E-state index is 14.9. The molecule has 0 spiro atoms. The van der Waals surface area contributed by atoms with Gasteiger partial charge in [0.15, 0.2) is 0 Å². The van der Waals surface area contributed by atoms with Crippen molar-refractivity contribution in [3.05, 3.63) is 48.5 Å². The maximum atomic E-state index is 14.9. The van der Waals surface area contributed by atoms with Gasteiger partial charge in [0, 0.05) is 0 Å². The summed E-state index contributed by atoms with van der Waals surface area (Å²) in [4.78, 5) is 0. The average Bonchev–Trinajstić information content (AvgIpc) is 2.68. The van der Waals surface area contributed by atoms with Crippen LogP contribution in [0.2, 0.25) is 0 Å². The summed E-state index contributed by atoms with van der Waals surface area (Å²) in [6.45, 7) is 0. The maximum Gasteiger partial charge on any atom is 0.395 e. The predicted octanol–water partition coefficient (Wildman–Crippen LogP) is 4.78. The molecular formula is C18H14F6O4. The molecule has 1 saturated carbocycles. The molecule has 0 aliphatic heterocycles. The van der Waals surface area contributed by atoms with Crippen molar-refractivity contribution in [1.82, 2.24) is 0 Å². The van der Waals surface area contributed by atoms with E-state index in [9.17, 15) is 26.3 Å². The summed E-state index contributed by atoms with van der Waals surface area (Å²) in [7, 11) is 2.62. The second-order valence-corrected chi connectivity index (χ2v) is 5.89. The summed E-state index contributed by atoms with van der Waals surface area (Å²) in [6.07, 6.45) is 0. The summed E-state index contributed by atoms with van der Waals surface area (Å²) in [6, 6.07) is 8.60. The molecule has 2 aromatic rings. The van der Waals surface area contributed by atoms with Crippen LogP contribution in [-0.4, -0.2) is 37.8 Å². The SMILES string of the molecule is COc1ccc(OC2(F)C(F)(F)C(F)(F)C2(F)Oc2ccc(OC)cc2)cc1. The normalized spacial score (nSPS) is 27.4. The van der Waals surface area contributed by atoms with Crippen LogP contribution in [0.15, 0.2) is 48.5 Å². The van der Waals surface area contributed by atoms with Gasteiger partial charge in [0.1, 0.15) is 23.0 Å². The third-order valence-electron chi connectivity index (χ3n) is 4.25. The number of alkyl halides is 6. The molecule has 1 aliphatic rings. The van der Waals surface area contributed by atoms with Crippen LogP contribution in [0.3, 0.4) is 0 Å². The first-order chi connectivity index (χ1) is 13.0. The monoisotopic (exact) mass is 408 g/mol. The lowest BCUT2D eigenvalue weighted by molar-refractivity contribution is -0.527. The van der Waals surface area contributed by atoms with Crippen molar-refractivity contribution in [2.24, 2.45) is 0 Å². The molecule has 0 aromatic heterocycles. The quantitative estimate of drug-likeness (QED) is 0.645. The second kappa shape index (κ2) is 6.39. The van der Waals surface area contributed by atoms with Crippen molar-refractivity contribution < 1.29 is 45.3 Å². The van der Waals surface area contributed by atoms with Gasteiger partial charge in [-0.05, 0) is 48.5 Å². The van der Waals surface area contributed by atoms with Crippen LogP contribution in [0.5, 0.6) is 23.0 Å². The molecule has 0 bridgehead atoms. The number of ether oxygens (including phenoxy) is 4. The van der Waals surface area contributed by atoms with Crippen LogP contribution < -0.4 is 18.9 Å². The van der Waals surface area contributed by atoms with E-state index < -0.39 is 35.1 Å². The lowest BCUT2D eigenvalue weighted by atomic mass is 9.76. The molecule has 0 saturated heterocycles. The third kappa shape index (κ3) is 2.54. The standard InChI is InChI=1S/C18H14F6O4/c1-25-11-3-7-13(8-4-11)27-17(23)15(19,20)16(21,22)18(17,24)28-14-9-5-12(26-2)6-10-14/h3-10H,1-2H3. The Morgan fingerprint density at radius 3 is 1.00 bits per heavy atom. The van der Waals surface area contributed by atoms with E-state index in [0.29, 0.717) is 0 Å². The molecule has 0 heterocycles. The fourth-order valence-corrected chi connectivity index (χ4v) is 2.62. The molecular weight excluding hydrogens is 394 g/mol. The summed E-state index contributed by atoms with van der Waals surface area (Å²) < 4.78 is 104. The Bertz CT molecular complexity index is 771. The Hall–Kier alpha value is -2.78. The Balaban J connectivity index is 1.95. The lowest BCUT2D eigenvalue weighted by Gasteiger charge is -2.55. The van der Waals surface area contributed by atoms with Crippen molar-refractivity contribution in [1.29, 1.82) is 0 Å². The molecule has 10 heteroatoms. The van der Waals surface area contributed by atoms with Gasteiger partial charge in [-0.15, -0.1) is 0 Å². The van der Waals surface area contributed by atoms with E-state index in [1.165, 1.54) is 38.5 Å². The number of benzene rings is 2. The largest absolute Gasteiger partial charge is 0.497 e. The molecule has 2 atom stereocenters. The first-order valence-electron chi connectivity index (χ1n) is 7.82. The van der Waals surface area contributed by atoms with E-state index in [-0.39, 0.29) is 11.5 Å². The first-order valence-corrected chi connectivity index (χ1v) is 7.82. The Morgan fingerprint density at radius 2 is 0.750 bits per heavy atom. The van der Waals surface area contributed by atoms with Crippen LogP contribution >= 0.6 is 0 Å². The van der Waals surface area contributed by atoms with Crippen LogP contribution in [0.25, 0.3) is 0 Å². The van der Waals surface area contributed by atoms with E-state index in [0.717, 1.165) is 24.3 Å². The van der Waals surface area contributed by atoms with Crippen LogP contribution in [0.1, 0.15) is 0 Å². The van der Waals surface area contributed by atoms with Crippen molar-refractivity contribution in [3.8, 4) is 23.0 Å². The lowest BCUT2D eigenvalue weighted by Crippen LogP contribution is -2.89. The first kappa shape index (κ1) is 20.0. The minimum absolute atomic E-state index is 0.256. The van der Waals surface area contributed by atoms with Gasteiger partial charge >= 0.3 is 23.6 Å². The summed E-state index contributed by atoms with van der Waals surface area (Å²) in [5.74, 6) is -21.3. The molecule has 28 heavy (non-hydrogen) atoms. The molecule has 2 aromatic carbocycles. The highest BCUT2D eigenvalue weighted by molar-refractivity contribution is 5.37. The number of hydrogen-bond donors (Lipinski definition) is 0. The highest BCUT2D eigenvalue weighted by Gasteiger charge is 3.03. The summed E-state index contributed by atoms with van der Waals surface area (Å²) in [5.41, 5.74) is 0. The van der Waals surface area contributed by atoms with Gasteiger partial charge in [0.05, 0.1) is 14.2 Å². The minimum atomic E-state index is -5.50. The van der Waals surface area contributed by atoms with Gasteiger partial charge in [0.2, 0.25) is 0 Å². The van der Waals surface area contributed by atoms with Gasteiger partial charge < -0.3 is 18.9 Å². The van der Waals surface area contributed by atoms with E-state index >= 15 is 0 Å². The molecule has 2 unspecified atom stereocenters. The number of hydrogen-bond acceptors (Lipinski definition) is 4. The van der Waals surface area contributed by atoms with E-state index in [4.69, 9.17) is 9.47 Å². The number of halogens is 6. The predicted molar refractivity (Wildman–Crippen MR) is 84.8 cm³/mol. The van der Waals surface area contributed by atoms with Gasteiger partial charge in [0.25, 0.3) is 0 Å². The molecule has 3 rings (SSSR count). The zero-order valence-corrected chi connectivity index (χ0v) is 14.5. The highest BCUT2D eigenvalue weighted by Crippen LogP contribution is 2.68. The van der Waals surface area contributed by atoms with Gasteiger partial charge in [-0.3, -0.25) is 0 Å². The fraction of sp³-hybridized carbons (Fsp3) is 0.333. The van der Waals surface area contributed by atoms with Crippen LogP contribution in [0, 0.1) is 0 Å². The van der Waals surface area contributed by atoms with E-state index in [1.807, 2.05) is 0 Å². The van der Waals surface area contributed by atoms with Crippen molar-refractivity contribution in [3.63, 3.8) is 0 Å². The molecule has 4 nitrogen and oxygen atoms in total. The van der Waals surface area contributed by atoms with Gasteiger partial charge in [-0.1, -0.05) is 0 Å². The van der Waals surface area contributed by atoms with Crippen LogP contribution in [-0.2, 0) is 0 Å². The fourth-order valence-electron chi connectivity index (χ4n) is 2.62. The third-order valence-corrected chi connectivity index (χ3v) is 4.25. The minimum Gasteiger partial charge on any atom is -0.497 e. The second-order valence-electron chi connectivity index (χ2n) is 5.89. The zero-order chi connectivity index (χ0) is 20.8. The Labute approximate surface area is 155 Å². The summed E-state index contributed by atoms with van der Waals surface area (Å²) in [5, 5.41) is 0. The number of methoxy groups -OCH3 is 2. The highest BCUT2D eigenvalue weighted by atomic mass is 19.3.